The van der Waals surface area contributed by atoms with E-state index in [1.807, 2.05) is 67.6 Å². The summed E-state index contributed by atoms with van der Waals surface area (Å²) in [6.45, 7) is 1.91. The van der Waals surface area contributed by atoms with Gasteiger partial charge in [-0.05, 0) is 24.6 Å². The van der Waals surface area contributed by atoms with E-state index in [2.05, 4.69) is 20.5 Å². The number of hydrogen-bond donors (Lipinski definition) is 1. The van der Waals surface area contributed by atoms with Gasteiger partial charge in [-0.25, -0.2) is 9.37 Å². The third kappa shape index (κ3) is 5.06. The highest BCUT2D eigenvalue weighted by atomic mass is 32.2. The first-order chi connectivity index (χ1) is 17.6. The molecule has 5 aromatic rings. The zero-order chi connectivity index (χ0) is 24.9. The number of halogens is 1. The van der Waals surface area contributed by atoms with Gasteiger partial charge in [0.1, 0.15) is 12.1 Å². The molecular formula is C27H22FN5O2S. The Balaban J connectivity index is 1.34. The fourth-order valence-corrected chi connectivity index (χ4v) is 4.49. The van der Waals surface area contributed by atoms with Crippen molar-refractivity contribution in [3.05, 3.63) is 114 Å². The molecule has 2 heterocycles. The molecule has 3 aromatic carbocycles. The summed E-state index contributed by atoms with van der Waals surface area (Å²) < 4.78 is 22.0. The lowest BCUT2D eigenvalue weighted by Gasteiger charge is -2.12. The predicted molar refractivity (Wildman–Crippen MR) is 135 cm³/mol. The number of carbonyl (C=O) groups is 1. The summed E-state index contributed by atoms with van der Waals surface area (Å²) in [4.78, 5) is 17.0. The molecule has 9 heteroatoms. The van der Waals surface area contributed by atoms with Crippen molar-refractivity contribution in [1.82, 2.24) is 25.1 Å². The molecule has 0 saturated heterocycles. The molecule has 0 radical (unpaired) electrons. The first-order valence-electron chi connectivity index (χ1n) is 11.3. The summed E-state index contributed by atoms with van der Waals surface area (Å²) in [7, 11) is 0. The van der Waals surface area contributed by atoms with Gasteiger partial charge in [-0.1, -0.05) is 84.6 Å². The van der Waals surface area contributed by atoms with Gasteiger partial charge >= 0.3 is 0 Å². The fraction of sp³-hybridized carbons (Fsp3) is 0.111. The van der Waals surface area contributed by atoms with Crippen molar-refractivity contribution in [2.75, 3.05) is 0 Å². The number of benzene rings is 3. The standard InChI is InChI=1S/C27H22FN5O2S/c1-18(19-10-4-2-5-11-19)29-26(34)22-16-35-24(30-22)17-36-27-32-31-25(20-12-6-3-7-13-20)33(27)23-15-9-8-14-21(23)28/h2-16,18H,17H2,1H3,(H,29,34). The summed E-state index contributed by atoms with van der Waals surface area (Å²) in [5.74, 6) is 0.432. The maximum absolute atomic E-state index is 14.7. The highest BCUT2D eigenvalue weighted by molar-refractivity contribution is 7.98. The van der Waals surface area contributed by atoms with Crippen LogP contribution in [0.15, 0.2) is 101 Å². The number of thioether (sulfide) groups is 1. The molecule has 180 valence electrons. The minimum Gasteiger partial charge on any atom is -0.447 e. The van der Waals surface area contributed by atoms with Crippen molar-refractivity contribution in [2.24, 2.45) is 0 Å². The van der Waals surface area contributed by atoms with Gasteiger partial charge in [0.25, 0.3) is 5.91 Å². The molecule has 0 aliphatic carbocycles. The Morgan fingerprint density at radius 3 is 2.44 bits per heavy atom. The molecule has 1 amide bonds. The molecule has 1 unspecified atom stereocenters. The summed E-state index contributed by atoms with van der Waals surface area (Å²) in [5, 5.41) is 12.0. The largest absolute Gasteiger partial charge is 0.447 e. The smallest absolute Gasteiger partial charge is 0.273 e. The molecule has 0 bridgehead atoms. The van der Waals surface area contributed by atoms with Crippen molar-refractivity contribution in [3.63, 3.8) is 0 Å². The Labute approximate surface area is 211 Å². The number of hydrogen-bond acceptors (Lipinski definition) is 6. The average molecular weight is 500 g/mol. The third-order valence-electron chi connectivity index (χ3n) is 5.52. The van der Waals surface area contributed by atoms with Crippen LogP contribution < -0.4 is 5.32 Å². The molecule has 7 nitrogen and oxygen atoms in total. The number of oxazole rings is 1. The van der Waals surface area contributed by atoms with Gasteiger partial charge in [0.05, 0.1) is 17.5 Å². The van der Waals surface area contributed by atoms with E-state index in [0.29, 0.717) is 22.6 Å². The van der Waals surface area contributed by atoms with E-state index < -0.39 is 0 Å². The van der Waals surface area contributed by atoms with E-state index in [4.69, 9.17) is 4.42 Å². The van der Waals surface area contributed by atoms with Gasteiger partial charge in [0, 0.05) is 5.56 Å². The number of aromatic nitrogens is 4. The maximum Gasteiger partial charge on any atom is 0.273 e. The molecule has 2 aromatic heterocycles. The average Bonchev–Trinajstić information content (AvgIpc) is 3.56. The molecule has 1 atom stereocenters. The molecule has 0 fully saturated rings. The van der Waals surface area contributed by atoms with Crippen LogP contribution in [0, 0.1) is 5.82 Å². The SMILES string of the molecule is CC(NC(=O)c1coc(CSc2nnc(-c3ccccc3)n2-c2ccccc2F)n1)c1ccccc1. The van der Waals surface area contributed by atoms with Crippen LogP contribution >= 0.6 is 11.8 Å². The van der Waals surface area contributed by atoms with Crippen molar-refractivity contribution >= 4 is 17.7 Å². The van der Waals surface area contributed by atoms with Crippen molar-refractivity contribution in [1.29, 1.82) is 0 Å². The van der Waals surface area contributed by atoms with Crippen molar-refractivity contribution in [3.8, 4) is 17.1 Å². The van der Waals surface area contributed by atoms with Gasteiger partial charge in [-0.15, -0.1) is 10.2 Å². The van der Waals surface area contributed by atoms with Crippen LogP contribution in [-0.2, 0) is 5.75 Å². The lowest BCUT2D eigenvalue weighted by Crippen LogP contribution is -2.26. The van der Waals surface area contributed by atoms with Crippen LogP contribution in [0.4, 0.5) is 4.39 Å². The Kier molecular flexibility index (Phi) is 6.90. The summed E-state index contributed by atoms with van der Waals surface area (Å²) in [5.41, 5.74) is 2.33. The Hall–Kier alpha value is -4.24. The van der Waals surface area contributed by atoms with E-state index in [1.165, 1.54) is 24.1 Å². The van der Waals surface area contributed by atoms with Crippen LogP contribution in [0.3, 0.4) is 0 Å². The van der Waals surface area contributed by atoms with E-state index in [9.17, 15) is 9.18 Å². The first-order valence-corrected chi connectivity index (χ1v) is 12.3. The third-order valence-corrected chi connectivity index (χ3v) is 6.43. The van der Waals surface area contributed by atoms with Gasteiger partial charge in [-0.2, -0.15) is 0 Å². The van der Waals surface area contributed by atoms with E-state index >= 15 is 0 Å². The molecular weight excluding hydrogens is 477 g/mol. The zero-order valence-electron chi connectivity index (χ0n) is 19.3. The molecule has 0 saturated carbocycles. The molecule has 1 N–H and O–H groups in total. The molecule has 0 aliphatic rings. The van der Waals surface area contributed by atoms with Gasteiger partial charge in [0.15, 0.2) is 16.7 Å². The van der Waals surface area contributed by atoms with E-state index in [-0.39, 0.29) is 29.2 Å². The Bertz CT molecular complexity index is 1470. The second kappa shape index (κ2) is 10.6. The number of para-hydroxylation sites is 1. The zero-order valence-corrected chi connectivity index (χ0v) is 20.2. The second-order valence-corrected chi connectivity index (χ2v) is 8.92. The van der Waals surface area contributed by atoms with Gasteiger partial charge in [0.2, 0.25) is 5.89 Å². The monoisotopic (exact) mass is 499 g/mol. The summed E-state index contributed by atoms with van der Waals surface area (Å²) in [6.07, 6.45) is 1.33. The topological polar surface area (TPSA) is 85.8 Å². The van der Waals surface area contributed by atoms with Gasteiger partial charge < -0.3 is 9.73 Å². The molecule has 5 rings (SSSR count). The van der Waals surface area contributed by atoms with Crippen LogP contribution in [0.2, 0.25) is 0 Å². The lowest BCUT2D eigenvalue weighted by molar-refractivity contribution is 0.0934. The number of nitrogens with zero attached hydrogens (tertiary/aromatic N) is 4. The Morgan fingerprint density at radius 2 is 1.69 bits per heavy atom. The second-order valence-electron chi connectivity index (χ2n) is 7.98. The minimum absolute atomic E-state index is 0.177. The normalized spacial score (nSPS) is 11.8. The van der Waals surface area contributed by atoms with E-state index in [0.717, 1.165) is 11.1 Å². The number of nitrogens with one attached hydrogen (secondary N) is 1. The minimum atomic E-state index is -0.390. The van der Waals surface area contributed by atoms with Crippen molar-refractivity contribution in [2.45, 2.75) is 23.9 Å². The number of amides is 1. The first kappa shape index (κ1) is 23.5. The van der Waals surface area contributed by atoms with Crippen LogP contribution in [0.25, 0.3) is 17.1 Å². The van der Waals surface area contributed by atoms with Crippen molar-refractivity contribution < 1.29 is 13.6 Å². The fourth-order valence-electron chi connectivity index (χ4n) is 3.69. The number of rotatable bonds is 8. The highest BCUT2D eigenvalue weighted by Crippen LogP contribution is 2.30. The summed E-state index contributed by atoms with van der Waals surface area (Å²) >= 11 is 1.29. The summed E-state index contributed by atoms with van der Waals surface area (Å²) in [6, 6.07) is 25.4. The number of carbonyl (C=O) groups excluding carboxylic acids is 1. The Morgan fingerprint density at radius 1 is 1.00 bits per heavy atom. The van der Waals surface area contributed by atoms with Gasteiger partial charge in [-0.3, -0.25) is 9.36 Å². The van der Waals surface area contributed by atoms with Crippen LogP contribution in [-0.4, -0.2) is 25.7 Å². The molecule has 0 aliphatic heterocycles. The molecule has 36 heavy (non-hydrogen) atoms. The molecule has 0 spiro atoms. The van der Waals surface area contributed by atoms with Crippen LogP contribution in [0.5, 0.6) is 0 Å². The van der Waals surface area contributed by atoms with Crippen LogP contribution in [0.1, 0.15) is 34.9 Å². The quantitative estimate of drug-likeness (QED) is 0.270. The maximum atomic E-state index is 14.7. The van der Waals surface area contributed by atoms with E-state index in [1.54, 1.807) is 22.8 Å². The lowest BCUT2D eigenvalue weighted by atomic mass is 10.1. The predicted octanol–water partition coefficient (Wildman–Crippen LogP) is 5.84. The highest BCUT2D eigenvalue weighted by Gasteiger charge is 2.20.